The van der Waals surface area contributed by atoms with Crippen molar-refractivity contribution in [2.24, 2.45) is 11.8 Å². The van der Waals surface area contributed by atoms with Crippen molar-refractivity contribution in [3.63, 3.8) is 0 Å². The Bertz CT molecular complexity index is 359. The van der Waals surface area contributed by atoms with Crippen molar-refractivity contribution < 1.29 is 9.59 Å². The van der Waals surface area contributed by atoms with E-state index in [9.17, 15) is 9.59 Å². The molecule has 112 valence electrons. The Morgan fingerprint density at radius 1 is 1.35 bits per heavy atom. The molecule has 6 nitrogen and oxygen atoms in total. The highest BCUT2D eigenvalue weighted by Gasteiger charge is 2.20. The predicted molar refractivity (Wildman–Crippen MR) is 75.6 cm³/mol. The monoisotopic (exact) mass is 280 g/mol. The summed E-state index contributed by atoms with van der Waals surface area (Å²) in [7, 11) is 0. The molecule has 0 aliphatic carbocycles. The van der Waals surface area contributed by atoms with Crippen LogP contribution < -0.4 is 16.0 Å². The molecule has 1 atom stereocenters. The molecule has 0 bridgehead atoms. The van der Waals surface area contributed by atoms with Gasteiger partial charge in [-0.3, -0.25) is 9.59 Å². The van der Waals surface area contributed by atoms with Crippen molar-refractivity contribution in [3.8, 4) is 6.07 Å². The number of rotatable bonds is 7. The van der Waals surface area contributed by atoms with Gasteiger partial charge in [-0.25, -0.2) is 0 Å². The molecule has 0 aromatic heterocycles. The molecule has 0 aromatic carbocycles. The molecule has 1 rings (SSSR count). The Hall–Kier alpha value is -1.61. The van der Waals surface area contributed by atoms with Gasteiger partial charge in [0.2, 0.25) is 11.8 Å². The molecule has 0 spiro atoms. The highest BCUT2D eigenvalue weighted by Crippen LogP contribution is 2.12. The van der Waals surface area contributed by atoms with E-state index in [1.165, 1.54) is 0 Å². The molecule has 6 heteroatoms. The maximum absolute atomic E-state index is 11.9. The minimum absolute atomic E-state index is 0.0536. The largest absolute Gasteiger partial charge is 0.356 e. The lowest BCUT2D eigenvalue weighted by Crippen LogP contribution is -2.38. The smallest absolute Gasteiger partial charge is 0.223 e. The Morgan fingerprint density at radius 2 is 2.05 bits per heavy atom. The Balaban J connectivity index is 2.11. The summed E-state index contributed by atoms with van der Waals surface area (Å²) in [5, 5.41) is 17.1. The van der Waals surface area contributed by atoms with Crippen molar-refractivity contribution >= 4 is 11.8 Å². The number of nitriles is 1. The normalized spacial score (nSPS) is 17.0. The number of hydrogen-bond acceptors (Lipinski definition) is 4. The summed E-state index contributed by atoms with van der Waals surface area (Å²) < 4.78 is 0. The second kappa shape index (κ2) is 9.32. The lowest BCUT2D eigenvalue weighted by Gasteiger charge is -2.22. The summed E-state index contributed by atoms with van der Waals surface area (Å²) in [5.74, 6) is 0.351. The number of carbonyl (C=O) groups excluding carboxylic acids is 2. The maximum Gasteiger partial charge on any atom is 0.223 e. The van der Waals surface area contributed by atoms with Gasteiger partial charge >= 0.3 is 0 Å². The van der Waals surface area contributed by atoms with Crippen LogP contribution in [0.15, 0.2) is 0 Å². The highest BCUT2D eigenvalue weighted by atomic mass is 16.2. The highest BCUT2D eigenvalue weighted by molar-refractivity contribution is 5.78. The van der Waals surface area contributed by atoms with Gasteiger partial charge < -0.3 is 16.0 Å². The molecular weight excluding hydrogens is 256 g/mol. The van der Waals surface area contributed by atoms with E-state index in [4.69, 9.17) is 5.26 Å². The van der Waals surface area contributed by atoms with Gasteiger partial charge in [0.1, 0.15) is 6.54 Å². The van der Waals surface area contributed by atoms with Crippen LogP contribution in [0.2, 0.25) is 0 Å². The molecule has 0 aromatic rings. The number of piperidine rings is 1. The first-order valence-corrected chi connectivity index (χ1v) is 7.25. The maximum atomic E-state index is 11.9. The van der Waals surface area contributed by atoms with Crippen molar-refractivity contribution in [1.82, 2.24) is 16.0 Å². The molecule has 1 fully saturated rings. The molecule has 1 aliphatic heterocycles. The van der Waals surface area contributed by atoms with E-state index in [2.05, 4.69) is 16.0 Å². The van der Waals surface area contributed by atoms with E-state index < -0.39 is 0 Å². The average Bonchev–Trinajstić information content (AvgIpc) is 2.45. The van der Waals surface area contributed by atoms with Crippen LogP contribution in [0.1, 0.15) is 32.6 Å². The zero-order chi connectivity index (χ0) is 14.8. The van der Waals surface area contributed by atoms with Gasteiger partial charge in [-0.1, -0.05) is 6.92 Å². The first kappa shape index (κ1) is 16.4. The molecule has 0 radical (unpaired) electrons. The summed E-state index contributed by atoms with van der Waals surface area (Å²) in [5.41, 5.74) is 0. The van der Waals surface area contributed by atoms with E-state index in [-0.39, 0.29) is 30.2 Å². The Labute approximate surface area is 120 Å². The molecule has 2 amide bonds. The first-order valence-electron chi connectivity index (χ1n) is 7.25. The molecule has 1 heterocycles. The number of carbonyl (C=O) groups is 2. The molecule has 1 saturated heterocycles. The fourth-order valence-electron chi connectivity index (χ4n) is 2.30. The summed E-state index contributed by atoms with van der Waals surface area (Å²) in [6.45, 7) is 4.46. The minimum Gasteiger partial charge on any atom is -0.356 e. The first-order chi connectivity index (χ1) is 9.63. The van der Waals surface area contributed by atoms with Gasteiger partial charge in [0.25, 0.3) is 0 Å². The van der Waals surface area contributed by atoms with Crippen LogP contribution in [-0.2, 0) is 9.59 Å². The molecular formula is C14H24N4O2. The van der Waals surface area contributed by atoms with Gasteiger partial charge in [-0.15, -0.1) is 0 Å². The average molecular weight is 280 g/mol. The number of amides is 2. The van der Waals surface area contributed by atoms with Gasteiger partial charge in [0.15, 0.2) is 0 Å². The number of nitrogens with one attached hydrogen (secondary N) is 3. The van der Waals surface area contributed by atoms with Crippen LogP contribution in [0, 0.1) is 23.2 Å². The van der Waals surface area contributed by atoms with Crippen molar-refractivity contribution in [3.05, 3.63) is 0 Å². The lowest BCUT2D eigenvalue weighted by molar-refractivity contribution is -0.125. The van der Waals surface area contributed by atoms with Gasteiger partial charge in [0.05, 0.1) is 6.07 Å². The van der Waals surface area contributed by atoms with Gasteiger partial charge in [-0.05, 0) is 38.3 Å². The van der Waals surface area contributed by atoms with Crippen LogP contribution in [0.5, 0.6) is 0 Å². The van der Waals surface area contributed by atoms with Gasteiger partial charge in [-0.2, -0.15) is 5.26 Å². The van der Waals surface area contributed by atoms with Crippen LogP contribution >= 0.6 is 0 Å². The summed E-state index contributed by atoms with van der Waals surface area (Å²) in [6, 6.07) is 1.87. The third-order valence-corrected chi connectivity index (χ3v) is 3.54. The topological polar surface area (TPSA) is 94.0 Å². The molecule has 1 aliphatic rings. The van der Waals surface area contributed by atoms with E-state index in [0.717, 1.165) is 32.4 Å². The number of hydrogen-bond donors (Lipinski definition) is 3. The SMILES string of the molecule is CC(CCNC(=O)C1CCNCC1)CC(=O)NCC#N. The predicted octanol–water partition coefficient (Wildman–Crippen LogP) is 0.158. The van der Waals surface area contributed by atoms with E-state index >= 15 is 0 Å². The second-order valence-corrected chi connectivity index (χ2v) is 5.35. The Morgan fingerprint density at radius 3 is 2.70 bits per heavy atom. The minimum atomic E-state index is -0.108. The second-order valence-electron chi connectivity index (χ2n) is 5.35. The standard InChI is InChI=1S/C14H24N4O2/c1-11(10-13(19)17-9-5-15)2-8-18-14(20)12-3-6-16-7-4-12/h11-12,16H,2-4,6-10H2,1H3,(H,17,19)(H,18,20). The fraction of sp³-hybridized carbons (Fsp3) is 0.786. The third-order valence-electron chi connectivity index (χ3n) is 3.54. The summed E-state index contributed by atoms with van der Waals surface area (Å²) >= 11 is 0. The van der Waals surface area contributed by atoms with Crippen LogP contribution in [-0.4, -0.2) is 38.0 Å². The fourth-order valence-corrected chi connectivity index (χ4v) is 2.30. The van der Waals surface area contributed by atoms with Crippen molar-refractivity contribution in [2.45, 2.75) is 32.6 Å². The van der Waals surface area contributed by atoms with Crippen LogP contribution in [0.25, 0.3) is 0 Å². The molecule has 20 heavy (non-hydrogen) atoms. The Kier molecular flexibility index (Phi) is 7.66. The molecule has 3 N–H and O–H groups in total. The quantitative estimate of drug-likeness (QED) is 0.579. The lowest BCUT2D eigenvalue weighted by atomic mass is 9.97. The van der Waals surface area contributed by atoms with E-state index in [1.807, 2.05) is 13.0 Å². The van der Waals surface area contributed by atoms with E-state index in [0.29, 0.717) is 13.0 Å². The third kappa shape index (κ3) is 6.53. The summed E-state index contributed by atoms with van der Waals surface area (Å²) in [4.78, 5) is 23.3. The molecule has 1 unspecified atom stereocenters. The number of nitrogens with zero attached hydrogens (tertiary/aromatic N) is 1. The zero-order valence-electron chi connectivity index (χ0n) is 12.1. The molecule has 0 saturated carbocycles. The van der Waals surface area contributed by atoms with Crippen LogP contribution in [0.4, 0.5) is 0 Å². The van der Waals surface area contributed by atoms with Crippen molar-refractivity contribution in [1.29, 1.82) is 5.26 Å². The van der Waals surface area contributed by atoms with Gasteiger partial charge in [0, 0.05) is 18.9 Å². The van der Waals surface area contributed by atoms with Crippen LogP contribution in [0.3, 0.4) is 0 Å². The zero-order valence-corrected chi connectivity index (χ0v) is 12.1. The summed E-state index contributed by atoms with van der Waals surface area (Å²) in [6.07, 6.45) is 2.97. The van der Waals surface area contributed by atoms with Crippen molar-refractivity contribution in [2.75, 3.05) is 26.2 Å². The van der Waals surface area contributed by atoms with E-state index in [1.54, 1.807) is 0 Å².